The van der Waals surface area contributed by atoms with Crippen molar-refractivity contribution >= 4 is 33.3 Å². The molecular weight excluding hydrogens is 338 g/mol. The smallest absolute Gasteiger partial charge is 0.325 e. The van der Waals surface area contributed by atoms with Crippen molar-refractivity contribution in [2.75, 3.05) is 35.7 Å². The van der Waals surface area contributed by atoms with E-state index in [0.717, 1.165) is 23.8 Å². The highest BCUT2D eigenvalue weighted by atomic mass is 32.1. The summed E-state index contributed by atoms with van der Waals surface area (Å²) in [6.07, 6.45) is 4.88. The molecule has 0 bridgehead atoms. The van der Waals surface area contributed by atoms with Crippen LogP contribution in [0.25, 0.3) is 0 Å². The minimum atomic E-state index is -0.359. The summed E-state index contributed by atoms with van der Waals surface area (Å²) in [5.41, 5.74) is 1.66. The van der Waals surface area contributed by atoms with Gasteiger partial charge in [0.1, 0.15) is 5.75 Å². The lowest BCUT2D eigenvalue weighted by atomic mass is 10.2. The van der Waals surface area contributed by atoms with E-state index in [-0.39, 0.29) is 6.03 Å². The topological polar surface area (TPSA) is 79.4 Å². The second-order valence-corrected chi connectivity index (χ2v) is 7.03. The van der Waals surface area contributed by atoms with E-state index < -0.39 is 0 Å². The zero-order valence-electron chi connectivity index (χ0n) is 14.5. The van der Waals surface area contributed by atoms with Gasteiger partial charge in [0.2, 0.25) is 10.3 Å². The van der Waals surface area contributed by atoms with Gasteiger partial charge >= 0.3 is 6.03 Å². The van der Waals surface area contributed by atoms with Crippen LogP contribution in [-0.4, -0.2) is 36.4 Å². The Balaban J connectivity index is 1.63. The lowest BCUT2D eigenvalue weighted by molar-refractivity contribution is 0.262. The molecule has 0 unspecified atom stereocenters. The van der Waals surface area contributed by atoms with Crippen LogP contribution in [0, 0.1) is 6.92 Å². The molecule has 1 aliphatic rings. The Labute approximate surface area is 151 Å². The van der Waals surface area contributed by atoms with Crippen molar-refractivity contribution in [2.45, 2.75) is 32.6 Å². The van der Waals surface area contributed by atoms with Crippen molar-refractivity contribution in [3.05, 3.63) is 23.8 Å². The first-order valence-corrected chi connectivity index (χ1v) is 9.28. The van der Waals surface area contributed by atoms with Gasteiger partial charge in [-0.2, -0.15) is 0 Å². The van der Waals surface area contributed by atoms with Crippen LogP contribution >= 0.6 is 11.3 Å². The maximum atomic E-state index is 12.2. The molecule has 7 nitrogen and oxygen atoms in total. The van der Waals surface area contributed by atoms with E-state index in [9.17, 15) is 4.79 Å². The van der Waals surface area contributed by atoms with Crippen LogP contribution in [0.3, 0.4) is 0 Å². The fraction of sp³-hybridized carbons (Fsp3) is 0.471. The Bertz CT molecular complexity index is 726. The van der Waals surface area contributed by atoms with Crippen molar-refractivity contribution in [1.82, 2.24) is 10.2 Å². The number of carbonyl (C=O) groups is 1. The molecule has 2 amide bonds. The minimum absolute atomic E-state index is 0.359. The van der Waals surface area contributed by atoms with Crippen molar-refractivity contribution in [1.29, 1.82) is 0 Å². The van der Waals surface area contributed by atoms with Gasteiger partial charge in [0.05, 0.1) is 12.8 Å². The number of aryl methyl sites for hydroxylation is 1. The average molecular weight is 361 g/mol. The Morgan fingerprint density at radius 3 is 2.64 bits per heavy atom. The van der Waals surface area contributed by atoms with Gasteiger partial charge in [-0.05, 0) is 37.5 Å². The van der Waals surface area contributed by atoms with E-state index in [1.165, 1.54) is 37.0 Å². The third-order valence-electron chi connectivity index (χ3n) is 4.11. The van der Waals surface area contributed by atoms with Gasteiger partial charge in [-0.25, -0.2) is 4.79 Å². The molecule has 134 valence electrons. The van der Waals surface area contributed by atoms with Crippen molar-refractivity contribution in [3.8, 4) is 5.75 Å². The first kappa shape index (κ1) is 17.5. The molecule has 1 aliphatic heterocycles. The number of carbonyl (C=O) groups excluding carboxylic acids is 1. The van der Waals surface area contributed by atoms with Gasteiger partial charge < -0.3 is 15.0 Å². The lowest BCUT2D eigenvalue weighted by Gasteiger charge is -2.17. The number of rotatable bonds is 4. The van der Waals surface area contributed by atoms with Crippen LogP contribution < -0.4 is 20.3 Å². The number of ether oxygens (including phenoxy) is 1. The minimum Gasteiger partial charge on any atom is -0.495 e. The number of anilines is 3. The first-order valence-electron chi connectivity index (χ1n) is 8.47. The maximum absolute atomic E-state index is 12.2. The van der Waals surface area contributed by atoms with Crippen molar-refractivity contribution < 1.29 is 9.53 Å². The molecule has 1 saturated heterocycles. The fourth-order valence-corrected chi connectivity index (χ4v) is 3.62. The highest BCUT2D eigenvalue weighted by molar-refractivity contribution is 7.19. The highest BCUT2D eigenvalue weighted by Gasteiger charge is 2.16. The second kappa shape index (κ2) is 8.15. The molecule has 0 spiro atoms. The average Bonchev–Trinajstić information content (AvgIpc) is 2.88. The number of aromatic nitrogens is 2. The summed E-state index contributed by atoms with van der Waals surface area (Å²) in [7, 11) is 1.58. The van der Waals surface area contributed by atoms with Crippen LogP contribution in [-0.2, 0) is 0 Å². The molecule has 25 heavy (non-hydrogen) atoms. The zero-order chi connectivity index (χ0) is 17.6. The monoisotopic (exact) mass is 361 g/mol. The maximum Gasteiger partial charge on any atom is 0.325 e. The summed E-state index contributed by atoms with van der Waals surface area (Å²) in [5.74, 6) is 0.614. The molecule has 1 aromatic heterocycles. The summed E-state index contributed by atoms with van der Waals surface area (Å²) in [4.78, 5) is 14.5. The predicted molar refractivity (Wildman–Crippen MR) is 101 cm³/mol. The van der Waals surface area contributed by atoms with E-state index in [4.69, 9.17) is 4.74 Å². The van der Waals surface area contributed by atoms with E-state index in [0.29, 0.717) is 16.6 Å². The van der Waals surface area contributed by atoms with E-state index >= 15 is 0 Å². The molecular formula is C17H23N5O2S. The molecule has 0 aliphatic carbocycles. The molecule has 3 rings (SSSR count). The summed E-state index contributed by atoms with van der Waals surface area (Å²) >= 11 is 1.40. The number of urea groups is 1. The molecule has 2 aromatic rings. The summed E-state index contributed by atoms with van der Waals surface area (Å²) in [6.45, 7) is 3.96. The number of amides is 2. The van der Waals surface area contributed by atoms with Crippen LogP contribution in [0.4, 0.5) is 20.7 Å². The Hall–Kier alpha value is -2.35. The largest absolute Gasteiger partial charge is 0.495 e. The summed E-state index contributed by atoms with van der Waals surface area (Å²) < 4.78 is 5.27. The summed E-state index contributed by atoms with van der Waals surface area (Å²) in [6, 6.07) is 5.26. The highest BCUT2D eigenvalue weighted by Crippen LogP contribution is 2.28. The van der Waals surface area contributed by atoms with E-state index in [1.54, 1.807) is 7.11 Å². The molecule has 1 fully saturated rings. The normalized spacial score (nSPS) is 14.7. The van der Waals surface area contributed by atoms with Crippen LogP contribution in [0.1, 0.15) is 31.2 Å². The zero-order valence-corrected chi connectivity index (χ0v) is 15.4. The Morgan fingerprint density at radius 1 is 1.16 bits per heavy atom. The van der Waals surface area contributed by atoms with Gasteiger partial charge in [0.25, 0.3) is 0 Å². The number of benzene rings is 1. The molecule has 1 aromatic carbocycles. The summed E-state index contributed by atoms with van der Waals surface area (Å²) in [5, 5.41) is 15.2. The quantitative estimate of drug-likeness (QED) is 0.864. The molecule has 0 atom stereocenters. The van der Waals surface area contributed by atoms with Gasteiger partial charge in [-0.3, -0.25) is 5.32 Å². The number of hydrogen-bond acceptors (Lipinski definition) is 6. The molecule has 0 saturated carbocycles. The number of methoxy groups -OCH3 is 1. The van der Waals surface area contributed by atoms with Crippen molar-refractivity contribution in [3.63, 3.8) is 0 Å². The fourth-order valence-electron chi connectivity index (χ4n) is 2.83. The van der Waals surface area contributed by atoms with Crippen molar-refractivity contribution in [2.24, 2.45) is 0 Å². The van der Waals surface area contributed by atoms with Crippen LogP contribution in [0.2, 0.25) is 0 Å². The number of nitrogens with zero attached hydrogens (tertiary/aromatic N) is 3. The first-order chi connectivity index (χ1) is 12.2. The SMILES string of the molecule is COc1ccc(C)cc1NC(=O)Nc1nnc(N2CCCCCC2)s1. The predicted octanol–water partition coefficient (Wildman–Crippen LogP) is 3.88. The third-order valence-corrected chi connectivity index (χ3v) is 5.01. The van der Waals surface area contributed by atoms with E-state index in [2.05, 4.69) is 25.7 Å². The van der Waals surface area contributed by atoms with Gasteiger partial charge in [0, 0.05) is 13.1 Å². The molecule has 2 heterocycles. The van der Waals surface area contributed by atoms with Crippen LogP contribution in [0.15, 0.2) is 18.2 Å². The van der Waals surface area contributed by atoms with Gasteiger partial charge in [-0.1, -0.05) is 30.2 Å². The third kappa shape index (κ3) is 4.60. The lowest BCUT2D eigenvalue weighted by Crippen LogP contribution is -2.23. The Morgan fingerprint density at radius 2 is 1.92 bits per heavy atom. The second-order valence-electron chi connectivity index (χ2n) is 6.07. The van der Waals surface area contributed by atoms with E-state index in [1.807, 2.05) is 25.1 Å². The number of hydrogen-bond donors (Lipinski definition) is 2. The van der Waals surface area contributed by atoms with Gasteiger partial charge in [0.15, 0.2) is 0 Å². The Kier molecular flexibility index (Phi) is 5.70. The standard InChI is InChI=1S/C17H23N5O2S/c1-12-7-8-14(24-2)13(11-12)18-15(23)19-16-20-21-17(25-16)22-9-5-3-4-6-10-22/h7-8,11H,3-6,9-10H2,1-2H3,(H2,18,19,20,23). The molecule has 0 radical (unpaired) electrons. The molecule has 8 heteroatoms. The van der Waals surface area contributed by atoms with Crippen LogP contribution in [0.5, 0.6) is 5.75 Å². The molecule has 2 N–H and O–H groups in total. The van der Waals surface area contributed by atoms with Gasteiger partial charge in [-0.15, -0.1) is 10.2 Å². The number of nitrogens with one attached hydrogen (secondary N) is 2.